The molecule has 0 radical (unpaired) electrons. The summed E-state index contributed by atoms with van der Waals surface area (Å²) in [6.45, 7) is 3.57. The number of hydrogen-bond donors (Lipinski definition) is 3. The summed E-state index contributed by atoms with van der Waals surface area (Å²) in [5, 5.41) is 27.3. The Morgan fingerprint density at radius 2 is 2.17 bits per heavy atom. The summed E-state index contributed by atoms with van der Waals surface area (Å²) in [6, 6.07) is 0. The first-order chi connectivity index (χ1) is 5.63. The molecule has 0 bridgehead atoms. The SMILES string of the molecule is C[C@H](O)CN1CC(O)C(CO)C1. The lowest BCUT2D eigenvalue weighted by molar-refractivity contribution is 0.101. The molecule has 1 aliphatic heterocycles. The Balaban J connectivity index is 2.33. The maximum Gasteiger partial charge on any atom is 0.0729 e. The molecule has 1 fully saturated rings. The maximum absolute atomic E-state index is 9.39. The van der Waals surface area contributed by atoms with E-state index >= 15 is 0 Å². The van der Waals surface area contributed by atoms with Crippen molar-refractivity contribution in [3.63, 3.8) is 0 Å². The van der Waals surface area contributed by atoms with Crippen LogP contribution in [-0.4, -0.2) is 58.7 Å². The lowest BCUT2D eigenvalue weighted by atomic mass is 10.1. The smallest absolute Gasteiger partial charge is 0.0729 e. The zero-order valence-corrected chi connectivity index (χ0v) is 7.35. The van der Waals surface area contributed by atoms with Gasteiger partial charge in [0.1, 0.15) is 0 Å². The molecule has 72 valence electrons. The van der Waals surface area contributed by atoms with Crippen LogP contribution in [0.1, 0.15) is 6.92 Å². The molecule has 2 unspecified atom stereocenters. The Bertz CT molecular complexity index is 140. The minimum atomic E-state index is -0.436. The zero-order chi connectivity index (χ0) is 9.14. The molecule has 0 aromatic carbocycles. The number of aliphatic hydroxyl groups excluding tert-OH is 3. The minimum absolute atomic E-state index is 0.0253. The summed E-state index contributed by atoms with van der Waals surface area (Å²) in [6.07, 6.45) is -0.802. The van der Waals surface area contributed by atoms with Gasteiger partial charge in [-0.05, 0) is 6.92 Å². The molecular weight excluding hydrogens is 158 g/mol. The lowest BCUT2D eigenvalue weighted by Gasteiger charge is -2.16. The largest absolute Gasteiger partial charge is 0.396 e. The van der Waals surface area contributed by atoms with Crippen molar-refractivity contribution >= 4 is 0 Å². The second-order valence-electron chi connectivity index (χ2n) is 3.58. The molecule has 3 atom stereocenters. The molecule has 4 heteroatoms. The molecule has 4 nitrogen and oxygen atoms in total. The van der Waals surface area contributed by atoms with E-state index in [9.17, 15) is 5.11 Å². The summed E-state index contributed by atoms with van der Waals surface area (Å²) in [7, 11) is 0. The predicted molar refractivity (Wildman–Crippen MR) is 44.7 cm³/mol. The number of β-amino-alcohol motifs (C(OH)–C–C–N with tert-alkyl or cyclic N) is 2. The third-order valence-electron chi connectivity index (χ3n) is 2.24. The summed E-state index contributed by atoms with van der Waals surface area (Å²) in [5.41, 5.74) is 0. The highest BCUT2D eigenvalue weighted by Gasteiger charge is 2.30. The second kappa shape index (κ2) is 4.18. The first-order valence-corrected chi connectivity index (χ1v) is 4.32. The van der Waals surface area contributed by atoms with Crippen LogP contribution < -0.4 is 0 Å². The minimum Gasteiger partial charge on any atom is -0.396 e. The molecule has 0 aromatic heterocycles. The van der Waals surface area contributed by atoms with Gasteiger partial charge in [-0.15, -0.1) is 0 Å². The van der Waals surface area contributed by atoms with Crippen LogP contribution in [0.15, 0.2) is 0 Å². The van der Waals surface area contributed by atoms with E-state index in [0.29, 0.717) is 19.6 Å². The van der Waals surface area contributed by atoms with E-state index < -0.39 is 6.10 Å². The van der Waals surface area contributed by atoms with Crippen LogP contribution in [0.4, 0.5) is 0 Å². The number of nitrogens with zero attached hydrogens (tertiary/aromatic N) is 1. The van der Waals surface area contributed by atoms with Crippen LogP contribution in [-0.2, 0) is 0 Å². The summed E-state index contributed by atoms with van der Waals surface area (Å²) in [5.74, 6) is -0.0382. The highest BCUT2D eigenvalue weighted by Crippen LogP contribution is 2.16. The topological polar surface area (TPSA) is 63.9 Å². The Hall–Kier alpha value is -0.160. The van der Waals surface area contributed by atoms with E-state index in [0.717, 1.165) is 0 Å². The van der Waals surface area contributed by atoms with Gasteiger partial charge in [0.2, 0.25) is 0 Å². The van der Waals surface area contributed by atoms with Gasteiger partial charge in [-0.25, -0.2) is 0 Å². The Kier molecular flexibility index (Phi) is 3.46. The van der Waals surface area contributed by atoms with E-state index in [1.165, 1.54) is 0 Å². The molecule has 1 rings (SSSR count). The molecule has 12 heavy (non-hydrogen) atoms. The van der Waals surface area contributed by atoms with Crippen LogP contribution in [0.3, 0.4) is 0 Å². The van der Waals surface area contributed by atoms with E-state index in [-0.39, 0.29) is 18.6 Å². The van der Waals surface area contributed by atoms with Gasteiger partial charge in [-0.1, -0.05) is 0 Å². The molecule has 1 aliphatic rings. The highest BCUT2D eigenvalue weighted by atomic mass is 16.3. The van der Waals surface area contributed by atoms with Crippen LogP contribution in [0.5, 0.6) is 0 Å². The van der Waals surface area contributed by atoms with Gasteiger partial charge in [0, 0.05) is 32.2 Å². The predicted octanol–water partition coefficient (Wildman–Crippen LogP) is -1.35. The Labute approximate surface area is 72.4 Å². The van der Waals surface area contributed by atoms with Crippen LogP contribution in [0, 0.1) is 5.92 Å². The van der Waals surface area contributed by atoms with Crippen LogP contribution in [0.2, 0.25) is 0 Å². The number of aliphatic hydroxyl groups is 3. The number of rotatable bonds is 3. The fourth-order valence-corrected chi connectivity index (χ4v) is 1.64. The standard InChI is InChI=1S/C8H17NO3/c1-6(11)2-9-3-7(5-10)8(12)4-9/h6-8,10-12H,2-5H2,1H3/t6-,7?,8?/m0/s1. The fraction of sp³-hybridized carbons (Fsp3) is 1.00. The normalized spacial score (nSPS) is 34.0. The first kappa shape index (κ1) is 9.92. The van der Waals surface area contributed by atoms with E-state index in [1.54, 1.807) is 6.92 Å². The maximum atomic E-state index is 9.39. The number of hydrogen-bond acceptors (Lipinski definition) is 4. The van der Waals surface area contributed by atoms with E-state index in [4.69, 9.17) is 10.2 Å². The average Bonchev–Trinajstić information content (AvgIpc) is 2.29. The van der Waals surface area contributed by atoms with Gasteiger partial charge in [-0.3, -0.25) is 4.90 Å². The molecule has 0 aromatic rings. The summed E-state index contributed by atoms with van der Waals surface area (Å²) in [4.78, 5) is 1.97. The van der Waals surface area contributed by atoms with Gasteiger partial charge >= 0.3 is 0 Å². The van der Waals surface area contributed by atoms with Crippen molar-refractivity contribution in [3.05, 3.63) is 0 Å². The zero-order valence-electron chi connectivity index (χ0n) is 7.35. The van der Waals surface area contributed by atoms with Gasteiger partial charge < -0.3 is 15.3 Å². The monoisotopic (exact) mass is 175 g/mol. The van der Waals surface area contributed by atoms with Gasteiger partial charge in [0.05, 0.1) is 12.2 Å². The molecule has 0 spiro atoms. The molecule has 3 N–H and O–H groups in total. The van der Waals surface area contributed by atoms with Crippen molar-refractivity contribution in [2.75, 3.05) is 26.2 Å². The third-order valence-corrected chi connectivity index (χ3v) is 2.24. The van der Waals surface area contributed by atoms with Crippen molar-refractivity contribution in [1.82, 2.24) is 4.90 Å². The quantitative estimate of drug-likeness (QED) is 0.496. The Morgan fingerprint density at radius 3 is 2.58 bits per heavy atom. The van der Waals surface area contributed by atoms with E-state index in [2.05, 4.69) is 0 Å². The van der Waals surface area contributed by atoms with E-state index in [1.807, 2.05) is 4.90 Å². The third kappa shape index (κ3) is 2.42. The van der Waals surface area contributed by atoms with Crippen molar-refractivity contribution < 1.29 is 15.3 Å². The van der Waals surface area contributed by atoms with Crippen LogP contribution >= 0.6 is 0 Å². The van der Waals surface area contributed by atoms with Crippen molar-refractivity contribution in [3.8, 4) is 0 Å². The van der Waals surface area contributed by atoms with Gasteiger partial charge in [0.25, 0.3) is 0 Å². The average molecular weight is 175 g/mol. The number of likely N-dealkylation sites (tertiary alicyclic amines) is 1. The second-order valence-corrected chi connectivity index (χ2v) is 3.58. The first-order valence-electron chi connectivity index (χ1n) is 4.32. The fourth-order valence-electron chi connectivity index (χ4n) is 1.64. The summed E-state index contributed by atoms with van der Waals surface area (Å²) >= 11 is 0. The van der Waals surface area contributed by atoms with Crippen molar-refractivity contribution in [2.45, 2.75) is 19.1 Å². The van der Waals surface area contributed by atoms with Crippen molar-refractivity contribution in [2.24, 2.45) is 5.92 Å². The molecule has 1 saturated heterocycles. The molecular formula is C8H17NO3. The summed E-state index contributed by atoms with van der Waals surface area (Å²) < 4.78 is 0. The molecule has 1 heterocycles. The molecule has 0 amide bonds. The van der Waals surface area contributed by atoms with Crippen LogP contribution in [0.25, 0.3) is 0 Å². The van der Waals surface area contributed by atoms with Gasteiger partial charge in [0.15, 0.2) is 0 Å². The molecule has 0 saturated carbocycles. The highest BCUT2D eigenvalue weighted by molar-refractivity contribution is 4.83. The Morgan fingerprint density at radius 1 is 1.50 bits per heavy atom. The lowest BCUT2D eigenvalue weighted by Crippen LogP contribution is -2.29. The molecule has 0 aliphatic carbocycles. The van der Waals surface area contributed by atoms with Gasteiger partial charge in [-0.2, -0.15) is 0 Å². The van der Waals surface area contributed by atoms with Crippen molar-refractivity contribution in [1.29, 1.82) is 0 Å².